The lowest BCUT2D eigenvalue weighted by molar-refractivity contribution is 0.0991. The average Bonchev–Trinajstić information content (AvgIpc) is 2.50. The van der Waals surface area contributed by atoms with Gasteiger partial charge >= 0.3 is 0 Å². The van der Waals surface area contributed by atoms with Crippen molar-refractivity contribution < 1.29 is 9.18 Å². The van der Waals surface area contributed by atoms with E-state index in [0.29, 0.717) is 5.56 Å². The van der Waals surface area contributed by atoms with Crippen LogP contribution in [-0.2, 0) is 19.4 Å². The monoisotopic (exact) mass is 347 g/mol. The van der Waals surface area contributed by atoms with Crippen LogP contribution in [0.25, 0.3) is 0 Å². The summed E-state index contributed by atoms with van der Waals surface area (Å²) in [5.41, 5.74) is 3.77. The molecule has 0 fully saturated rings. The molecule has 2 aromatic rings. The molecule has 1 aliphatic heterocycles. The second kappa shape index (κ2) is 6.08. The first-order valence-corrected chi connectivity index (χ1v) is 7.73. The van der Waals surface area contributed by atoms with E-state index in [1.807, 2.05) is 12.1 Å². The molecule has 1 heterocycles. The van der Waals surface area contributed by atoms with Crippen molar-refractivity contribution in [2.45, 2.75) is 19.4 Å². The Morgan fingerprint density at radius 3 is 3.00 bits per heavy atom. The van der Waals surface area contributed by atoms with E-state index in [1.165, 1.54) is 17.7 Å². The van der Waals surface area contributed by atoms with Crippen LogP contribution >= 0.6 is 15.9 Å². The third kappa shape index (κ3) is 3.06. The number of fused-ring (bicyclic) bond motifs is 1. The van der Waals surface area contributed by atoms with Crippen LogP contribution in [0.5, 0.6) is 0 Å². The van der Waals surface area contributed by atoms with Gasteiger partial charge in [-0.3, -0.25) is 4.79 Å². The Morgan fingerprint density at radius 1 is 1.29 bits per heavy atom. The van der Waals surface area contributed by atoms with E-state index in [1.54, 1.807) is 6.07 Å². The predicted molar refractivity (Wildman–Crippen MR) is 84.0 cm³/mol. The number of carbonyl (C=O) groups excluding carboxylic acids is 1. The molecule has 0 saturated carbocycles. The zero-order valence-electron chi connectivity index (χ0n) is 11.5. The molecule has 1 N–H and O–H groups in total. The lowest BCUT2D eigenvalue weighted by Crippen LogP contribution is -2.25. The van der Waals surface area contributed by atoms with Crippen LogP contribution in [0.1, 0.15) is 27.0 Å². The molecule has 1 aliphatic rings. The Labute approximate surface area is 131 Å². The third-order valence-corrected chi connectivity index (χ3v) is 4.57. The van der Waals surface area contributed by atoms with Gasteiger partial charge in [0, 0.05) is 23.0 Å². The van der Waals surface area contributed by atoms with Crippen molar-refractivity contribution >= 4 is 21.7 Å². The lowest BCUT2D eigenvalue weighted by atomic mass is 9.91. The van der Waals surface area contributed by atoms with Crippen molar-refractivity contribution in [2.24, 2.45) is 0 Å². The third-order valence-electron chi connectivity index (χ3n) is 3.80. The second-order valence-electron chi connectivity index (χ2n) is 5.21. The summed E-state index contributed by atoms with van der Waals surface area (Å²) in [5.74, 6) is -0.277. The standard InChI is InChI=1S/C17H15BrFNO/c18-16-5-4-13(19)8-12(16)9-17(21)15-3-1-2-11-10-20-7-6-14(11)15/h1-5,8,20H,6-7,9-10H2. The molecule has 4 heteroatoms. The largest absolute Gasteiger partial charge is 0.312 e. The SMILES string of the molecule is O=C(Cc1cc(F)ccc1Br)c1cccc2c1CCNC2. The number of ketones is 1. The molecule has 0 radical (unpaired) electrons. The number of Topliss-reactive ketones (excluding diaryl/α,β-unsaturated/α-hetero) is 1. The molecule has 0 atom stereocenters. The van der Waals surface area contributed by atoms with E-state index >= 15 is 0 Å². The van der Waals surface area contributed by atoms with Gasteiger partial charge in [-0.15, -0.1) is 0 Å². The fourth-order valence-electron chi connectivity index (χ4n) is 2.74. The van der Waals surface area contributed by atoms with Gasteiger partial charge in [0.2, 0.25) is 0 Å². The number of rotatable bonds is 3. The topological polar surface area (TPSA) is 29.1 Å². The summed E-state index contributed by atoms with van der Waals surface area (Å²) < 4.78 is 14.1. The van der Waals surface area contributed by atoms with E-state index in [9.17, 15) is 9.18 Å². The van der Waals surface area contributed by atoms with Crippen molar-refractivity contribution in [2.75, 3.05) is 6.54 Å². The highest BCUT2D eigenvalue weighted by Crippen LogP contribution is 2.23. The van der Waals surface area contributed by atoms with Gasteiger partial charge in [0.05, 0.1) is 0 Å². The van der Waals surface area contributed by atoms with Gasteiger partial charge < -0.3 is 5.32 Å². The average molecular weight is 348 g/mol. The van der Waals surface area contributed by atoms with Crippen LogP contribution in [0.2, 0.25) is 0 Å². The fraction of sp³-hybridized carbons (Fsp3) is 0.235. The van der Waals surface area contributed by atoms with Gasteiger partial charge in [0.15, 0.2) is 5.78 Å². The first-order valence-electron chi connectivity index (χ1n) is 6.94. The summed E-state index contributed by atoms with van der Waals surface area (Å²) in [5, 5.41) is 3.30. The molecule has 0 aromatic heterocycles. The molecule has 3 rings (SSSR count). The van der Waals surface area contributed by atoms with E-state index in [4.69, 9.17) is 0 Å². The van der Waals surface area contributed by atoms with Crippen LogP contribution in [0.4, 0.5) is 4.39 Å². The van der Waals surface area contributed by atoms with Crippen molar-refractivity contribution in [1.82, 2.24) is 5.32 Å². The normalized spacial score (nSPS) is 13.8. The smallest absolute Gasteiger partial charge is 0.167 e. The van der Waals surface area contributed by atoms with Crippen molar-refractivity contribution in [1.29, 1.82) is 0 Å². The minimum absolute atomic E-state index is 0.0417. The second-order valence-corrected chi connectivity index (χ2v) is 6.06. The predicted octanol–water partition coefficient (Wildman–Crippen LogP) is 3.66. The summed E-state index contributed by atoms with van der Waals surface area (Å²) in [6, 6.07) is 10.3. The molecular weight excluding hydrogens is 333 g/mol. The van der Waals surface area contributed by atoms with E-state index in [0.717, 1.165) is 35.1 Å². The first kappa shape index (κ1) is 14.4. The van der Waals surface area contributed by atoms with Crippen LogP contribution in [0.15, 0.2) is 40.9 Å². The number of benzene rings is 2. The minimum atomic E-state index is -0.319. The van der Waals surface area contributed by atoms with E-state index in [2.05, 4.69) is 27.3 Å². The maximum absolute atomic E-state index is 13.3. The van der Waals surface area contributed by atoms with Gasteiger partial charge in [-0.05, 0) is 47.9 Å². The quantitative estimate of drug-likeness (QED) is 0.858. The lowest BCUT2D eigenvalue weighted by Gasteiger charge is -2.19. The van der Waals surface area contributed by atoms with Gasteiger partial charge in [-0.2, -0.15) is 0 Å². The van der Waals surface area contributed by atoms with Crippen LogP contribution < -0.4 is 5.32 Å². The molecule has 0 amide bonds. The van der Waals surface area contributed by atoms with Crippen molar-refractivity contribution in [3.8, 4) is 0 Å². The Kier molecular flexibility index (Phi) is 4.17. The Balaban J connectivity index is 1.91. The van der Waals surface area contributed by atoms with Crippen molar-refractivity contribution in [3.05, 3.63) is 68.9 Å². The molecule has 0 bridgehead atoms. The Morgan fingerprint density at radius 2 is 2.14 bits per heavy atom. The van der Waals surface area contributed by atoms with Crippen LogP contribution in [0, 0.1) is 5.82 Å². The number of nitrogens with one attached hydrogen (secondary N) is 1. The molecular formula is C17H15BrFNO. The van der Waals surface area contributed by atoms with Gasteiger partial charge in [0.1, 0.15) is 5.82 Å². The molecule has 108 valence electrons. The number of hydrogen-bond donors (Lipinski definition) is 1. The maximum atomic E-state index is 13.3. The summed E-state index contributed by atoms with van der Waals surface area (Å²) in [6.07, 6.45) is 1.07. The van der Waals surface area contributed by atoms with Crippen molar-refractivity contribution in [3.63, 3.8) is 0 Å². The first-order chi connectivity index (χ1) is 10.1. The van der Waals surface area contributed by atoms with E-state index in [-0.39, 0.29) is 18.0 Å². The summed E-state index contributed by atoms with van der Waals surface area (Å²) in [4.78, 5) is 12.6. The van der Waals surface area contributed by atoms with Gasteiger partial charge in [0.25, 0.3) is 0 Å². The molecule has 0 aliphatic carbocycles. The molecule has 0 spiro atoms. The number of carbonyl (C=O) groups is 1. The zero-order chi connectivity index (χ0) is 14.8. The zero-order valence-corrected chi connectivity index (χ0v) is 13.0. The molecule has 2 aromatic carbocycles. The Bertz CT molecular complexity index is 699. The highest BCUT2D eigenvalue weighted by molar-refractivity contribution is 9.10. The summed E-state index contributed by atoms with van der Waals surface area (Å²) in [6.45, 7) is 1.70. The van der Waals surface area contributed by atoms with Crippen LogP contribution in [0.3, 0.4) is 0 Å². The van der Waals surface area contributed by atoms with E-state index < -0.39 is 0 Å². The highest BCUT2D eigenvalue weighted by atomic mass is 79.9. The number of hydrogen-bond acceptors (Lipinski definition) is 2. The maximum Gasteiger partial charge on any atom is 0.167 e. The fourth-order valence-corrected chi connectivity index (χ4v) is 3.13. The molecule has 0 saturated heterocycles. The summed E-state index contributed by atoms with van der Waals surface area (Å²) >= 11 is 3.38. The van der Waals surface area contributed by atoms with Crippen LogP contribution in [-0.4, -0.2) is 12.3 Å². The molecule has 21 heavy (non-hydrogen) atoms. The van der Waals surface area contributed by atoms with Gasteiger partial charge in [-0.25, -0.2) is 4.39 Å². The minimum Gasteiger partial charge on any atom is -0.312 e. The molecule has 2 nitrogen and oxygen atoms in total. The number of halogens is 2. The summed E-state index contributed by atoms with van der Waals surface area (Å²) in [7, 11) is 0. The van der Waals surface area contributed by atoms with Gasteiger partial charge in [-0.1, -0.05) is 34.1 Å². The molecule has 0 unspecified atom stereocenters. The Hall–Kier alpha value is -1.52. The highest BCUT2D eigenvalue weighted by Gasteiger charge is 2.18.